The Morgan fingerprint density at radius 3 is 2.15 bits per heavy atom. The zero-order valence-corrected chi connectivity index (χ0v) is 20.3. The van der Waals surface area contributed by atoms with E-state index in [2.05, 4.69) is 70.8 Å². The van der Waals surface area contributed by atoms with Gasteiger partial charge in [0.15, 0.2) is 0 Å². The second-order valence-corrected chi connectivity index (χ2v) is 10.5. The average molecular weight is 440 g/mol. The number of phenols is 1. The van der Waals surface area contributed by atoms with Crippen LogP contribution in [0.4, 0.5) is 5.69 Å². The number of phenolic OH excluding ortho intramolecular Hbond substituents is 1. The van der Waals surface area contributed by atoms with Crippen molar-refractivity contribution >= 4 is 17.2 Å². The van der Waals surface area contributed by atoms with Crippen LogP contribution < -0.4 is 5.32 Å². The molecule has 0 saturated carbocycles. The Morgan fingerprint density at radius 1 is 0.909 bits per heavy atom. The molecular formula is C30H33NO2. The molecule has 4 rings (SSSR count). The first kappa shape index (κ1) is 22.8. The fraction of sp³-hybridized carbons (Fsp3) is 0.300. The van der Waals surface area contributed by atoms with Crippen LogP contribution >= 0.6 is 0 Å². The van der Waals surface area contributed by atoms with Gasteiger partial charge in [-0.3, -0.25) is 4.79 Å². The van der Waals surface area contributed by atoms with Crippen LogP contribution in [-0.2, 0) is 15.6 Å². The standard InChI is InChI=1S/C30H33NO2/c1-19-16-26-27(30(5,6)15-14-29(26,3)4)18-25(19)22-9-7-8-21(17-22)20(2)28(33)31-23-10-12-24(32)13-11-23/h7-13,16-18,32H,2,14-15H2,1,3-6H3,(H,31,33). The molecule has 3 aromatic carbocycles. The minimum atomic E-state index is -0.261. The first-order valence-corrected chi connectivity index (χ1v) is 11.5. The molecule has 1 amide bonds. The van der Waals surface area contributed by atoms with Crippen molar-refractivity contribution in [3.05, 3.63) is 89.5 Å². The zero-order valence-electron chi connectivity index (χ0n) is 20.3. The Labute approximate surface area is 197 Å². The Hall–Kier alpha value is -3.33. The quantitative estimate of drug-likeness (QED) is 0.329. The third kappa shape index (κ3) is 4.45. The average Bonchev–Trinajstić information content (AvgIpc) is 2.78. The first-order valence-electron chi connectivity index (χ1n) is 11.5. The van der Waals surface area contributed by atoms with Gasteiger partial charge < -0.3 is 10.4 Å². The topological polar surface area (TPSA) is 49.3 Å². The van der Waals surface area contributed by atoms with E-state index in [9.17, 15) is 9.90 Å². The lowest BCUT2D eigenvalue weighted by atomic mass is 9.62. The third-order valence-corrected chi connectivity index (χ3v) is 7.12. The Morgan fingerprint density at radius 2 is 1.52 bits per heavy atom. The van der Waals surface area contributed by atoms with Gasteiger partial charge in [0.05, 0.1) is 0 Å². The first-order chi connectivity index (χ1) is 15.5. The molecule has 170 valence electrons. The lowest BCUT2D eigenvalue weighted by Gasteiger charge is -2.42. The maximum absolute atomic E-state index is 12.8. The minimum Gasteiger partial charge on any atom is -0.508 e. The molecular weight excluding hydrogens is 406 g/mol. The fourth-order valence-electron chi connectivity index (χ4n) is 4.79. The molecule has 0 radical (unpaired) electrons. The summed E-state index contributed by atoms with van der Waals surface area (Å²) in [5, 5.41) is 12.3. The molecule has 1 aliphatic rings. The number of carbonyl (C=O) groups is 1. The molecule has 2 N–H and O–H groups in total. The highest BCUT2D eigenvalue weighted by Gasteiger charge is 2.37. The summed E-state index contributed by atoms with van der Waals surface area (Å²) in [7, 11) is 0. The number of anilines is 1. The summed E-state index contributed by atoms with van der Waals surface area (Å²) in [6, 6.07) is 19.2. The van der Waals surface area contributed by atoms with Crippen LogP contribution in [-0.4, -0.2) is 11.0 Å². The largest absolute Gasteiger partial charge is 0.508 e. The zero-order chi connectivity index (χ0) is 24.0. The molecule has 3 aromatic rings. The SMILES string of the molecule is C=C(C(=O)Nc1ccc(O)cc1)c1cccc(-c2cc3c(cc2C)C(C)(C)CCC3(C)C)c1. The lowest BCUT2D eigenvalue weighted by molar-refractivity contribution is -0.111. The van der Waals surface area contributed by atoms with Crippen LogP contribution in [0.1, 0.15) is 62.8 Å². The Balaban J connectivity index is 1.67. The number of hydrogen-bond acceptors (Lipinski definition) is 2. The summed E-state index contributed by atoms with van der Waals surface area (Å²) >= 11 is 0. The van der Waals surface area contributed by atoms with Crippen LogP contribution in [0.25, 0.3) is 16.7 Å². The normalized spacial score (nSPS) is 16.0. The summed E-state index contributed by atoms with van der Waals surface area (Å²) < 4.78 is 0. The molecule has 3 nitrogen and oxygen atoms in total. The summed E-state index contributed by atoms with van der Waals surface area (Å²) in [5.41, 5.74) is 8.54. The van der Waals surface area contributed by atoms with E-state index in [-0.39, 0.29) is 22.5 Å². The van der Waals surface area contributed by atoms with Gasteiger partial charge in [-0.2, -0.15) is 0 Å². The Bertz CT molecular complexity index is 1230. The predicted molar refractivity (Wildman–Crippen MR) is 138 cm³/mol. The number of aryl methyl sites for hydroxylation is 1. The molecule has 0 fully saturated rings. The molecule has 3 heteroatoms. The van der Waals surface area contributed by atoms with Crippen molar-refractivity contribution in [2.24, 2.45) is 0 Å². The van der Waals surface area contributed by atoms with Gasteiger partial charge in [0.1, 0.15) is 5.75 Å². The van der Waals surface area contributed by atoms with Crippen LogP contribution in [0.15, 0.2) is 67.2 Å². The molecule has 33 heavy (non-hydrogen) atoms. The molecule has 0 aliphatic heterocycles. The Kier molecular flexibility index (Phi) is 5.69. The van der Waals surface area contributed by atoms with Gasteiger partial charge in [0.2, 0.25) is 0 Å². The molecule has 0 spiro atoms. The highest BCUT2D eigenvalue weighted by atomic mass is 16.3. The van der Waals surface area contributed by atoms with E-state index < -0.39 is 0 Å². The second kappa shape index (κ2) is 8.22. The second-order valence-electron chi connectivity index (χ2n) is 10.5. The monoisotopic (exact) mass is 439 g/mol. The number of carbonyl (C=O) groups excluding carboxylic acids is 1. The van der Waals surface area contributed by atoms with Crippen molar-refractivity contribution in [1.82, 2.24) is 0 Å². The molecule has 0 unspecified atom stereocenters. The van der Waals surface area contributed by atoms with Gasteiger partial charge in [-0.25, -0.2) is 0 Å². The third-order valence-electron chi connectivity index (χ3n) is 7.12. The smallest absolute Gasteiger partial charge is 0.255 e. The number of fused-ring (bicyclic) bond motifs is 1. The molecule has 0 aromatic heterocycles. The highest BCUT2D eigenvalue weighted by Crippen LogP contribution is 2.47. The van der Waals surface area contributed by atoms with E-state index in [1.165, 1.54) is 35.1 Å². The number of aromatic hydroxyl groups is 1. The van der Waals surface area contributed by atoms with Crippen molar-refractivity contribution in [1.29, 1.82) is 0 Å². The van der Waals surface area contributed by atoms with Crippen LogP contribution in [0, 0.1) is 6.92 Å². The molecule has 1 aliphatic carbocycles. The van der Waals surface area contributed by atoms with Crippen molar-refractivity contribution in [3.63, 3.8) is 0 Å². The maximum Gasteiger partial charge on any atom is 0.255 e. The summed E-state index contributed by atoms with van der Waals surface area (Å²) in [4.78, 5) is 12.8. The number of nitrogens with one attached hydrogen (secondary N) is 1. The number of hydrogen-bond donors (Lipinski definition) is 2. The fourth-order valence-corrected chi connectivity index (χ4v) is 4.79. The highest BCUT2D eigenvalue weighted by molar-refractivity contribution is 6.24. The number of rotatable bonds is 4. The van der Waals surface area contributed by atoms with Crippen LogP contribution in [0.5, 0.6) is 5.75 Å². The van der Waals surface area contributed by atoms with Crippen molar-refractivity contribution in [3.8, 4) is 16.9 Å². The van der Waals surface area contributed by atoms with Gasteiger partial charge in [-0.05, 0) is 94.3 Å². The van der Waals surface area contributed by atoms with Gasteiger partial charge in [0, 0.05) is 11.3 Å². The van der Waals surface area contributed by atoms with Crippen LogP contribution in [0.3, 0.4) is 0 Å². The summed E-state index contributed by atoms with van der Waals surface area (Å²) in [6.07, 6.45) is 2.36. The van der Waals surface area contributed by atoms with Crippen molar-refractivity contribution in [2.45, 2.75) is 58.3 Å². The van der Waals surface area contributed by atoms with E-state index in [4.69, 9.17) is 0 Å². The summed E-state index contributed by atoms with van der Waals surface area (Å²) in [5.74, 6) is -0.102. The molecule has 0 saturated heterocycles. The van der Waals surface area contributed by atoms with Gasteiger partial charge >= 0.3 is 0 Å². The van der Waals surface area contributed by atoms with Crippen LogP contribution in [0.2, 0.25) is 0 Å². The minimum absolute atomic E-state index is 0.137. The molecule has 0 atom stereocenters. The number of amides is 1. The van der Waals surface area contributed by atoms with E-state index in [0.29, 0.717) is 11.3 Å². The van der Waals surface area contributed by atoms with E-state index in [1.54, 1.807) is 24.3 Å². The molecule has 0 heterocycles. The van der Waals surface area contributed by atoms with E-state index in [1.807, 2.05) is 12.1 Å². The van der Waals surface area contributed by atoms with E-state index in [0.717, 1.165) is 11.1 Å². The lowest BCUT2D eigenvalue weighted by Crippen LogP contribution is -2.34. The summed E-state index contributed by atoms with van der Waals surface area (Å²) in [6.45, 7) is 15.6. The molecule has 0 bridgehead atoms. The maximum atomic E-state index is 12.8. The van der Waals surface area contributed by atoms with E-state index >= 15 is 0 Å². The van der Waals surface area contributed by atoms with Gasteiger partial charge in [-0.15, -0.1) is 0 Å². The number of benzene rings is 3. The van der Waals surface area contributed by atoms with Gasteiger partial charge in [-0.1, -0.05) is 64.6 Å². The van der Waals surface area contributed by atoms with Crippen molar-refractivity contribution < 1.29 is 9.90 Å². The predicted octanol–water partition coefficient (Wildman–Crippen LogP) is 7.37. The van der Waals surface area contributed by atoms with Gasteiger partial charge in [0.25, 0.3) is 5.91 Å². The van der Waals surface area contributed by atoms with Crippen molar-refractivity contribution in [2.75, 3.05) is 5.32 Å².